The molecule has 2 aromatic heterocycles. The number of allylic oxidation sites excluding steroid dienone is 1. The summed E-state index contributed by atoms with van der Waals surface area (Å²) in [4.78, 5) is 6.36. The highest BCUT2D eigenvalue weighted by molar-refractivity contribution is 7.71. The van der Waals surface area contributed by atoms with Crippen LogP contribution in [0.3, 0.4) is 0 Å². The van der Waals surface area contributed by atoms with Crippen LogP contribution in [0.4, 0.5) is 0 Å². The largest absolute Gasteiger partial charge is 0.490 e. The van der Waals surface area contributed by atoms with Gasteiger partial charge >= 0.3 is 0 Å². The van der Waals surface area contributed by atoms with Gasteiger partial charge in [-0.2, -0.15) is 5.10 Å². The molecule has 0 aliphatic heterocycles. The topological polar surface area (TPSA) is 48.1 Å². The maximum atomic E-state index is 5.66. The zero-order chi connectivity index (χ0) is 20.6. The van der Waals surface area contributed by atoms with Gasteiger partial charge in [0.2, 0.25) is 0 Å². The standard InChI is InChI=1S/C22H25N5OS/c1-4-13-26-21(19-7-6-12-23-15-19)24-27(22(26)29)17-25(3)16-18-8-10-20(11-9-18)28-14-5-2/h4-12,15H,1-2,13-14,16-17H2,3H3. The van der Waals surface area contributed by atoms with E-state index < -0.39 is 0 Å². The van der Waals surface area contributed by atoms with E-state index in [1.54, 1.807) is 18.5 Å². The highest BCUT2D eigenvalue weighted by atomic mass is 32.1. The molecule has 0 N–H and O–H groups in total. The van der Waals surface area contributed by atoms with E-state index in [0.717, 1.165) is 23.7 Å². The predicted molar refractivity (Wildman–Crippen MR) is 118 cm³/mol. The first-order valence-electron chi connectivity index (χ1n) is 9.32. The van der Waals surface area contributed by atoms with E-state index >= 15 is 0 Å². The van der Waals surface area contributed by atoms with E-state index in [1.165, 1.54) is 5.56 Å². The van der Waals surface area contributed by atoms with E-state index in [2.05, 4.69) is 35.2 Å². The van der Waals surface area contributed by atoms with Gasteiger partial charge in [0.05, 0.1) is 6.67 Å². The molecule has 150 valence electrons. The summed E-state index contributed by atoms with van der Waals surface area (Å²) in [6.45, 7) is 9.94. The average Bonchev–Trinajstić information content (AvgIpc) is 3.04. The number of rotatable bonds is 10. The molecule has 2 heterocycles. The summed E-state index contributed by atoms with van der Waals surface area (Å²) in [5.41, 5.74) is 2.11. The molecule has 3 rings (SSSR count). The van der Waals surface area contributed by atoms with Gasteiger partial charge in [-0.1, -0.05) is 30.9 Å². The van der Waals surface area contributed by atoms with Gasteiger partial charge in [-0.05, 0) is 49.1 Å². The maximum Gasteiger partial charge on any atom is 0.199 e. The van der Waals surface area contributed by atoms with Crippen LogP contribution in [-0.4, -0.2) is 37.9 Å². The van der Waals surface area contributed by atoms with Crippen molar-refractivity contribution in [3.05, 3.63) is 84.4 Å². The first-order valence-corrected chi connectivity index (χ1v) is 9.73. The van der Waals surface area contributed by atoms with E-state index in [0.29, 0.717) is 24.6 Å². The number of benzene rings is 1. The molecule has 0 aliphatic carbocycles. The average molecular weight is 408 g/mol. The van der Waals surface area contributed by atoms with Crippen LogP contribution in [0.1, 0.15) is 5.56 Å². The summed E-state index contributed by atoms with van der Waals surface area (Å²) in [7, 11) is 2.04. The predicted octanol–water partition coefficient (Wildman–Crippen LogP) is 4.32. The van der Waals surface area contributed by atoms with E-state index in [1.807, 2.05) is 46.6 Å². The van der Waals surface area contributed by atoms with Crippen molar-refractivity contribution in [1.82, 2.24) is 24.2 Å². The van der Waals surface area contributed by atoms with Gasteiger partial charge in [-0.15, -0.1) is 6.58 Å². The maximum absolute atomic E-state index is 5.66. The highest BCUT2D eigenvalue weighted by Crippen LogP contribution is 2.18. The molecule has 1 aromatic carbocycles. The third-order valence-corrected chi connectivity index (χ3v) is 4.70. The Kier molecular flexibility index (Phi) is 7.10. The lowest BCUT2D eigenvalue weighted by molar-refractivity contribution is 0.244. The lowest BCUT2D eigenvalue weighted by Crippen LogP contribution is -2.22. The van der Waals surface area contributed by atoms with Crippen molar-refractivity contribution >= 4 is 12.2 Å². The molecule has 0 fully saturated rings. The molecule has 0 bridgehead atoms. The second kappa shape index (κ2) is 9.95. The molecule has 0 spiro atoms. The van der Waals surface area contributed by atoms with Crippen molar-refractivity contribution in [1.29, 1.82) is 0 Å². The lowest BCUT2D eigenvalue weighted by atomic mass is 10.2. The molecule has 0 radical (unpaired) electrons. The third-order valence-electron chi connectivity index (χ3n) is 4.27. The molecule has 0 unspecified atom stereocenters. The normalized spacial score (nSPS) is 10.8. The van der Waals surface area contributed by atoms with Crippen molar-refractivity contribution in [2.24, 2.45) is 0 Å². The van der Waals surface area contributed by atoms with Crippen molar-refractivity contribution in [3.63, 3.8) is 0 Å². The fourth-order valence-electron chi connectivity index (χ4n) is 2.97. The van der Waals surface area contributed by atoms with Crippen molar-refractivity contribution in [2.45, 2.75) is 19.8 Å². The van der Waals surface area contributed by atoms with E-state index in [4.69, 9.17) is 22.1 Å². The number of pyridine rings is 1. The minimum atomic E-state index is 0.504. The molecule has 0 saturated carbocycles. The van der Waals surface area contributed by atoms with Crippen LogP contribution in [0, 0.1) is 4.77 Å². The Morgan fingerprint density at radius 1 is 1.17 bits per heavy atom. The van der Waals surface area contributed by atoms with Crippen LogP contribution < -0.4 is 4.74 Å². The molecule has 29 heavy (non-hydrogen) atoms. The Balaban J connectivity index is 1.74. The third kappa shape index (κ3) is 5.28. The molecule has 0 aliphatic rings. The fraction of sp³-hybridized carbons (Fsp3) is 0.227. The summed E-state index contributed by atoms with van der Waals surface area (Å²) in [5, 5.41) is 4.74. The molecular weight excluding hydrogens is 382 g/mol. The van der Waals surface area contributed by atoms with Crippen LogP contribution in [0.5, 0.6) is 5.75 Å². The SMILES string of the molecule is C=CCOc1ccc(CN(C)Cn2nc(-c3cccnc3)n(CC=C)c2=S)cc1. The Labute approximate surface area is 176 Å². The molecule has 0 atom stereocenters. The zero-order valence-electron chi connectivity index (χ0n) is 16.6. The second-order valence-electron chi connectivity index (χ2n) is 6.65. The second-order valence-corrected chi connectivity index (χ2v) is 7.01. The zero-order valence-corrected chi connectivity index (χ0v) is 17.4. The van der Waals surface area contributed by atoms with Crippen molar-refractivity contribution < 1.29 is 4.74 Å². The summed E-state index contributed by atoms with van der Waals surface area (Å²) >= 11 is 5.66. The van der Waals surface area contributed by atoms with Crippen LogP contribution in [0.15, 0.2) is 74.1 Å². The molecule has 0 saturated heterocycles. The summed E-state index contributed by atoms with van der Waals surface area (Å²) < 4.78 is 10.00. The first kappa shape index (κ1) is 20.7. The summed E-state index contributed by atoms with van der Waals surface area (Å²) in [6.07, 6.45) is 7.09. The molecule has 0 amide bonds. The van der Waals surface area contributed by atoms with Crippen LogP contribution in [0.2, 0.25) is 0 Å². The Hall–Kier alpha value is -3.03. The van der Waals surface area contributed by atoms with Crippen molar-refractivity contribution in [3.8, 4) is 17.1 Å². The fourth-order valence-corrected chi connectivity index (χ4v) is 3.23. The Morgan fingerprint density at radius 2 is 1.97 bits per heavy atom. The number of hydrogen-bond donors (Lipinski definition) is 0. The minimum Gasteiger partial charge on any atom is -0.490 e. The Bertz CT molecular complexity index is 1010. The summed E-state index contributed by atoms with van der Waals surface area (Å²) in [6, 6.07) is 11.9. The van der Waals surface area contributed by atoms with E-state index in [9.17, 15) is 0 Å². The first-order chi connectivity index (χ1) is 14.1. The molecule has 7 heteroatoms. The van der Waals surface area contributed by atoms with Crippen molar-refractivity contribution in [2.75, 3.05) is 13.7 Å². The smallest absolute Gasteiger partial charge is 0.199 e. The van der Waals surface area contributed by atoms with Crippen LogP contribution >= 0.6 is 12.2 Å². The van der Waals surface area contributed by atoms with E-state index in [-0.39, 0.29) is 0 Å². The van der Waals surface area contributed by atoms with Gasteiger partial charge in [0.15, 0.2) is 10.6 Å². The van der Waals surface area contributed by atoms with Gasteiger partial charge in [-0.25, -0.2) is 4.68 Å². The quantitative estimate of drug-likeness (QED) is 0.370. The molecular formula is C22H25N5OS. The monoisotopic (exact) mass is 407 g/mol. The number of nitrogens with zero attached hydrogens (tertiary/aromatic N) is 5. The van der Waals surface area contributed by atoms with Gasteiger partial charge < -0.3 is 4.74 Å². The van der Waals surface area contributed by atoms with Crippen LogP contribution in [-0.2, 0) is 19.8 Å². The number of aromatic nitrogens is 4. The highest BCUT2D eigenvalue weighted by Gasteiger charge is 2.13. The van der Waals surface area contributed by atoms with Gasteiger partial charge in [-0.3, -0.25) is 14.5 Å². The summed E-state index contributed by atoms with van der Waals surface area (Å²) in [5.74, 6) is 1.63. The minimum absolute atomic E-state index is 0.504. The number of ether oxygens (including phenoxy) is 1. The molecule has 3 aromatic rings. The van der Waals surface area contributed by atoms with Gasteiger partial charge in [0, 0.05) is 31.0 Å². The Morgan fingerprint density at radius 3 is 2.62 bits per heavy atom. The number of hydrogen-bond acceptors (Lipinski definition) is 5. The van der Waals surface area contributed by atoms with Crippen LogP contribution in [0.25, 0.3) is 11.4 Å². The van der Waals surface area contributed by atoms with Gasteiger partial charge in [0.1, 0.15) is 12.4 Å². The lowest BCUT2D eigenvalue weighted by Gasteiger charge is -2.16. The van der Waals surface area contributed by atoms with Gasteiger partial charge in [0.25, 0.3) is 0 Å². The molecule has 6 nitrogen and oxygen atoms in total.